The molecule has 11 heteroatoms. The maximum atomic E-state index is 13.7. The molecule has 0 unspecified atom stereocenters. The molecule has 2 aromatic rings. The molecule has 0 aliphatic carbocycles. The number of methoxy groups -OCH3 is 1. The summed E-state index contributed by atoms with van der Waals surface area (Å²) < 4.78 is 31.5. The van der Waals surface area contributed by atoms with Gasteiger partial charge in [0.05, 0.1) is 19.1 Å². The minimum atomic E-state index is -3.84. The number of anilines is 1. The van der Waals surface area contributed by atoms with Gasteiger partial charge in [0.1, 0.15) is 18.3 Å². The van der Waals surface area contributed by atoms with E-state index in [1.807, 2.05) is 13.8 Å². The van der Waals surface area contributed by atoms with E-state index in [1.54, 1.807) is 49.4 Å². The Kier molecular flexibility index (Phi) is 10.9. The molecule has 0 fully saturated rings. The highest BCUT2D eigenvalue weighted by Gasteiger charge is 2.33. The van der Waals surface area contributed by atoms with Gasteiger partial charge in [-0.15, -0.1) is 0 Å². The van der Waals surface area contributed by atoms with Crippen molar-refractivity contribution in [2.24, 2.45) is 0 Å². The van der Waals surface area contributed by atoms with Crippen LogP contribution in [0.15, 0.2) is 42.5 Å². The van der Waals surface area contributed by atoms with Crippen molar-refractivity contribution in [1.82, 2.24) is 10.2 Å². The second-order valence-electron chi connectivity index (χ2n) is 8.43. The Morgan fingerprint density at radius 3 is 2.08 bits per heavy atom. The van der Waals surface area contributed by atoms with Gasteiger partial charge in [-0.2, -0.15) is 0 Å². The van der Waals surface area contributed by atoms with E-state index < -0.39 is 28.5 Å². The van der Waals surface area contributed by atoms with Gasteiger partial charge in [-0.05, 0) is 56.2 Å². The number of hydrogen-bond donors (Lipinski definition) is 1. The maximum Gasteiger partial charge on any atom is 0.244 e. The van der Waals surface area contributed by atoms with E-state index in [0.29, 0.717) is 39.9 Å². The molecular weight excluding hydrogens is 525 g/mol. The number of halogens is 2. The van der Waals surface area contributed by atoms with Crippen molar-refractivity contribution in [3.05, 3.63) is 58.1 Å². The molecule has 0 aliphatic rings. The van der Waals surface area contributed by atoms with Gasteiger partial charge in [0.2, 0.25) is 21.8 Å². The summed E-state index contributed by atoms with van der Waals surface area (Å²) in [5.41, 5.74) is 0.763. The molecule has 2 atom stereocenters. The number of rotatable bonds is 12. The Morgan fingerprint density at radius 2 is 1.61 bits per heavy atom. The second-order valence-corrected chi connectivity index (χ2v) is 11.2. The number of nitrogens with one attached hydrogen (secondary N) is 1. The molecule has 1 N–H and O–H groups in total. The van der Waals surface area contributed by atoms with E-state index in [4.69, 9.17) is 27.9 Å². The first-order valence-electron chi connectivity index (χ1n) is 11.6. The summed E-state index contributed by atoms with van der Waals surface area (Å²) in [6.07, 6.45) is 2.04. The molecular formula is C25H33Cl2N3O5S. The van der Waals surface area contributed by atoms with E-state index >= 15 is 0 Å². The van der Waals surface area contributed by atoms with Crippen LogP contribution in [0.3, 0.4) is 0 Å². The van der Waals surface area contributed by atoms with Crippen LogP contribution in [0.4, 0.5) is 5.69 Å². The van der Waals surface area contributed by atoms with Crippen LogP contribution in [0, 0.1) is 0 Å². The molecule has 2 amide bonds. The molecule has 2 rings (SSSR count). The Labute approximate surface area is 223 Å². The van der Waals surface area contributed by atoms with Gasteiger partial charge in [-0.3, -0.25) is 13.9 Å². The van der Waals surface area contributed by atoms with Crippen molar-refractivity contribution in [2.45, 2.75) is 52.2 Å². The van der Waals surface area contributed by atoms with Crippen molar-refractivity contribution < 1.29 is 22.7 Å². The zero-order valence-corrected chi connectivity index (χ0v) is 23.5. The molecule has 0 aliphatic heterocycles. The summed E-state index contributed by atoms with van der Waals surface area (Å²) in [6, 6.07) is 10.3. The third kappa shape index (κ3) is 7.75. The average molecular weight is 559 g/mol. The smallest absolute Gasteiger partial charge is 0.244 e. The molecule has 0 saturated carbocycles. The van der Waals surface area contributed by atoms with Crippen molar-refractivity contribution >= 4 is 50.7 Å². The fourth-order valence-electron chi connectivity index (χ4n) is 3.58. The number of hydrogen-bond acceptors (Lipinski definition) is 5. The van der Waals surface area contributed by atoms with Gasteiger partial charge < -0.3 is 15.0 Å². The number of sulfonamides is 1. The number of benzene rings is 2. The Balaban J connectivity index is 2.49. The van der Waals surface area contributed by atoms with E-state index in [0.717, 1.165) is 10.6 Å². The van der Waals surface area contributed by atoms with E-state index in [9.17, 15) is 18.0 Å². The molecule has 2 aromatic carbocycles. The zero-order chi connectivity index (χ0) is 27.0. The molecule has 0 radical (unpaired) electrons. The summed E-state index contributed by atoms with van der Waals surface area (Å²) in [6.45, 7) is 5.02. The first-order valence-corrected chi connectivity index (χ1v) is 14.2. The fraction of sp³-hybridized carbons (Fsp3) is 0.440. The summed E-state index contributed by atoms with van der Waals surface area (Å²) in [4.78, 5) is 28.2. The van der Waals surface area contributed by atoms with E-state index in [-0.39, 0.29) is 18.5 Å². The van der Waals surface area contributed by atoms with Crippen LogP contribution in [-0.4, -0.2) is 57.1 Å². The largest absolute Gasteiger partial charge is 0.497 e. The summed E-state index contributed by atoms with van der Waals surface area (Å²) >= 11 is 12.7. The number of carbonyl (C=O) groups excluding carboxylic acids is 2. The summed E-state index contributed by atoms with van der Waals surface area (Å²) in [7, 11) is -2.34. The van der Waals surface area contributed by atoms with Crippen LogP contribution in [0.25, 0.3) is 0 Å². The second kappa shape index (κ2) is 13.2. The Bertz CT molecular complexity index is 1140. The quantitative estimate of drug-likeness (QED) is 0.414. The number of carbonyl (C=O) groups is 2. The Morgan fingerprint density at radius 1 is 1.03 bits per heavy atom. The van der Waals surface area contributed by atoms with Gasteiger partial charge in [0.15, 0.2) is 0 Å². The monoisotopic (exact) mass is 557 g/mol. The van der Waals surface area contributed by atoms with Gasteiger partial charge in [-0.25, -0.2) is 8.42 Å². The topological polar surface area (TPSA) is 96.0 Å². The van der Waals surface area contributed by atoms with Crippen LogP contribution in [0.2, 0.25) is 10.0 Å². The normalized spacial score (nSPS) is 13.0. The number of ether oxygens (including phenoxy) is 1. The van der Waals surface area contributed by atoms with Crippen molar-refractivity contribution in [1.29, 1.82) is 0 Å². The van der Waals surface area contributed by atoms with Gasteiger partial charge >= 0.3 is 0 Å². The third-order valence-corrected chi connectivity index (χ3v) is 7.67. The van der Waals surface area contributed by atoms with Crippen molar-refractivity contribution in [3.8, 4) is 5.75 Å². The minimum Gasteiger partial charge on any atom is -0.497 e. The molecule has 0 heterocycles. The molecule has 0 saturated heterocycles. The lowest BCUT2D eigenvalue weighted by Crippen LogP contribution is -2.53. The SMILES string of the molecule is CC[C@H](C(=O)N[C@@H](C)CC)N(Cc1c(Cl)cccc1Cl)C(=O)CN(c1ccc(OC)cc1)S(C)(=O)=O. The maximum absolute atomic E-state index is 13.7. The summed E-state index contributed by atoms with van der Waals surface area (Å²) in [5.74, 6) is -0.363. The highest BCUT2D eigenvalue weighted by atomic mass is 35.5. The van der Waals surface area contributed by atoms with Gasteiger partial charge in [0, 0.05) is 28.2 Å². The highest BCUT2D eigenvalue weighted by molar-refractivity contribution is 7.92. The lowest BCUT2D eigenvalue weighted by Gasteiger charge is -2.33. The lowest BCUT2D eigenvalue weighted by molar-refractivity contribution is -0.140. The van der Waals surface area contributed by atoms with Crippen LogP contribution in [-0.2, 0) is 26.2 Å². The van der Waals surface area contributed by atoms with Crippen LogP contribution >= 0.6 is 23.2 Å². The van der Waals surface area contributed by atoms with E-state index in [2.05, 4.69) is 5.32 Å². The lowest BCUT2D eigenvalue weighted by atomic mass is 10.1. The average Bonchev–Trinajstić information content (AvgIpc) is 2.83. The number of nitrogens with zero attached hydrogens (tertiary/aromatic N) is 2. The third-order valence-electron chi connectivity index (χ3n) is 5.82. The van der Waals surface area contributed by atoms with Crippen LogP contribution in [0.5, 0.6) is 5.75 Å². The highest BCUT2D eigenvalue weighted by Crippen LogP contribution is 2.28. The summed E-state index contributed by atoms with van der Waals surface area (Å²) in [5, 5.41) is 3.60. The molecule has 198 valence electrons. The molecule has 0 bridgehead atoms. The van der Waals surface area contributed by atoms with Crippen LogP contribution < -0.4 is 14.4 Å². The predicted octanol–water partition coefficient (Wildman–Crippen LogP) is 4.49. The molecule has 8 nitrogen and oxygen atoms in total. The van der Waals surface area contributed by atoms with Crippen molar-refractivity contribution in [2.75, 3.05) is 24.2 Å². The molecule has 36 heavy (non-hydrogen) atoms. The van der Waals surface area contributed by atoms with Crippen molar-refractivity contribution in [3.63, 3.8) is 0 Å². The fourth-order valence-corrected chi connectivity index (χ4v) is 4.94. The molecule has 0 aromatic heterocycles. The van der Waals surface area contributed by atoms with Crippen LogP contribution in [0.1, 0.15) is 39.2 Å². The first kappa shape index (κ1) is 29.7. The predicted molar refractivity (Wildman–Crippen MR) is 144 cm³/mol. The Hall–Kier alpha value is -2.49. The molecule has 0 spiro atoms. The van der Waals surface area contributed by atoms with E-state index in [1.165, 1.54) is 12.0 Å². The van der Waals surface area contributed by atoms with Gasteiger partial charge in [0.25, 0.3) is 0 Å². The number of amides is 2. The van der Waals surface area contributed by atoms with Gasteiger partial charge in [-0.1, -0.05) is 43.1 Å². The minimum absolute atomic E-state index is 0.0655. The zero-order valence-electron chi connectivity index (χ0n) is 21.1. The first-order chi connectivity index (χ1) is 16.9. The standard InChI is InChI=1S/C25H33Cl2N3O5S/c1-6-17(3)28-25(32)23(7-2)29(15-20-21(26)9-8-10-22(20)27)24(31)16-30(36(5,33)34)18-11-13-19(35-4)14-12-18/h8-14,17,23H,6-7,15-16H2,1-5H3,(H,28,32)/t17-,23+/m0/s1.